The van der Waals surface area contributed by atoms with Gasteiger partial charge in [-0.05, 0) is 26.8 Å². The number of aromatic nitrogens is 2. The summed E-state index contributed by atoms with van der Waals surface area (Å²) in [7, 11) is 0. The zero-order valence-electron chi connectivity index (χ0n) is 9.90. The zero-order valence-corrected chi connectivity index (χ0v) is 9.90. The third-order valence-electron chi connectivity index (χ3n) is 2.30. The van der Waals surface area contributed by atoms with Crippen molar-refractivity contribution in [3.8, 4) is 0 Å². The minimum atomic E-state index is -0.325. The van der Waals surface area contributed by atoms with Crippen LogP contribution < -0.4 is 5.48 Å². The molecule has 0 aromatic carbocycles. The Kier molecular flexibility index (Phi) is 3.06. The first-order valence-electron chi connectivity index (χ1n) is 5.29. The third-order valence-corrected chi connectivity index (χ3v) is 2.30. The highest BCUT2D eigenvalue weighted by Gasteiger charge is 2.17. The fourth-order valence-corrected chi connectivity index (χ4v) is 1.59. The summed E-state index contributed by atoms with van der Waals surface area (Å²) in [5, 5.41) is 4.42. The Labute approximate surface area is 97.9 Å². The van der Waals surface area contributed by atoms with Crippen LogP contribution in [0.15, 0.2) is 10.6 Å². The van der Waals surface area contributed by atoms with E-state index in [9.17, 15) is 4.79 Å². The van der Waals surface area contributed by atoms with Crippen LogP contribution in [0.25, 0.3) is 11.1 Å². The lowest BCUT2D eigenvalue weighted by Crippen LogP contribution is -2.24. The summed E-state index contributed by atoms with van der Waals surface area (Å²) in [6, 6.07) is 1.68. The van der Waals surface area contributed by atoms with Gasteiger partial charge in [-0.3, -0.25) is 9.63 Å². The maximum atomic E-state index is 11.9. The van der Waals surface area contributed by atoms with Gasteiger partial charge in [0, 0.05) is 5.69 Å². The first-order valence-corrected chi connectivity index (χ1v) is 5.29. The molecule has 2 heterocycles. The minimum absolute atomic E-state index is 0.325. The molecule has 0 saturated heterocycles. The van der Waals surface area contributed by atoms with Gasteiger partial charge in [0.2, 0.25) is 0 Å². The van der Waals surface area contributed by atoms with Crippen LogP contribution >= 0.6 is 0 Å². The average Bonchev–Trinajstić information content (AvgIpc) is 2.66. The van der Waals surface area contributed by atoms with Gasteiger partial charge in [-0.15, -0.1) is 0 Å². The second-order valence-electron chi connectivity index (χ2n) is 3.62. The largest absolute Gasteiger partial charge is 0.336 e. The van der Waals surface area contributed by atoms with Crippen LogP contribution in [0, 0.1) is 13.8 Å². The van der Waals surface area contributed by atoms with Crippen LogP contribution in [0.3, 0.4) is 0 Å². The predicted molar refractivity (Wildman–Crippen MR) is 60.4 cm³/mol. The standard InChI is InChI=1S/C11H13N3O3/c1-4-16-14-10(15)8-5-6(2)12-11-9(8)7(3)13-17-11/h5H,4H2,1-3H3,(H,14,15). The van der Waals surface area contributed by atoms with Gasteiger partial charge in [-0.1, -0.05) is 5.16 Å². The van der Waals surface area contributed by atoms with E-state index in [1.807, 2.05) is 0 Å². The van der Waals surface area contributed by atoms with Gasteiger partial charge >= 0.3 is 0 Å². The monoisotopic (exact) mass is 235 g/mol. The fourth-order valence-electron chi connectivity index (χ4n) is 1.59. The molecule has 2 aromatic rings. The van der Waals surface area contributed by atoms with E-state index >= 15 is 0 Å². The first kappa shape index (κ1) is 11.5. The summed E-state index contributed by atoms with van der Waals surface area (Å²) in [6.07, 6.45) is 0. The Morgan fingerprint density at radius 3 is 3.00 bits per heavy atom. The number of fused-ring (bicyclic) bond motifs is 1. The zero-order chi connectivity index (χ0) is 12.4. The van der Waals surface area contributed by atoms with Crippen molar-refractivity contribution in [2.75, 3.05) is 6.61 Å². The number of amides is 1. The van der Waals surface area contributed by atoms with Crippen LogP contribution in [0.2, 0.25) is 0 Å². The number of carbonyl (C=O) groups excluding carboxylic acids is 1. The van der Waals surface area contributed by atoms with Gasteiger partial charge in [0.25, 0.3) is 11.6 Å². The molecule has 0 atom stereocenters. The molecule has 1 N–H and O–H groups in total. The number of rotatable bonds is 3. The van der Waals surface area contributed by atoms with Crippen molar-refractivity contribution in [3.05, 3.63) is 23.0 Å². The second-order valence-corrected chi connectivity index (χ2v) is 3.62. The average molecular weight is 235 g/mol. The topological polar surface area (TPSA) is 77.2 Å². The molecule has 6 nitrogen and oxygen atoms in total. The summed E-state index contributed by atoms with van der Waals surface area (Å²) in [5.41, 5.74) is 4.50. The van der Waals surface area contributed by atoms with E-state index in [0.29, 0.717) is 34.7 Å². The van der Waals surface area contributed by atoms with Gasteiger partial charge < -0.3 is 4.52 Å². The molecule has 0 aliphatic heterocycles. The van der Waals surface area contributed by atoms with E-state index in [1.165, 1.54) is 0 Å². The summed E-state index contributed by atoms with van der Waals surface area (Å²) >= 11 is 0. The highest BCUT2D eigenvalue weighted by atomic mass is 16.6. The molecule has 17 heavy (non-hydrogen) atoms. The van der Waals surface area contributed by atoms with Crippen LogP contribution in [0.1, 0.15) is 28.7 Å². The highest BCUT2D eigenvalue weighted by Crippen LogP contribution is 2.21. The quantitative estimate of drug-likeness (QED) is 0.816. The molecule has 0 fully saturated rings. The number of nitrogens with one attached hydrogen (secondary N) is 1. The van der Waals surface area contributed by atoms with Crippen LogP contribution in [-0.4, -0.2) is 22.7 Å². The number of hydrogen-bond donors (Lipinski definition) is 1. The fraction of sp³-hybridized carbons (Fsp3) is 0.364. The summed E-state index contributed by atoms with van der Waals surface area (Å²) in [6.45, 7) is 5.74. The summed E-state index contributed by atoms with van der Waals surface area (Å²) in [5.74, 6) is -0.325. The molecule has 2 aromatic heterocycles. The lowest BCUT2D eigenvalue weighted by molar-refractivity contribution is 0.0366. The maximum absolute atomic E-state index is 11.9. The number of carbonyl (C=O) groups is 1. The molecule has 2 rings (SSSR count). The van der Waals surface area contributed by atoms with Crippen LogP contribution in [0.4, 0.5) is 0 Å². The lowest BCUT2D eigenvalue weighted by atomic mass is 10.1. The number of aryl methyl sites for hydroxylation is 2. The van der Waals surface area contributed by atoms with Crippen molar-refractivity contribution in [1.82, 2.24) is 15.6 Å². The molecule has 1 amide bonds. The molecular formula is C11H13N3O3. The normalized spacial score (nSPS) is 10.8. The van der Waals surface area contributed by atoms with Gasteiger partial charge in [0.1, 0.15) is 0 Å². The molecule has 0 aliphatic carbocycles. The first-order chi connectivity index (χ1) is 8.13. The van der Waals surface area contributed by atoms with Crippen molar-refractivity contribution in [1.29, 1.82) is 0 Å². The van der Waals surface area contributed by atoms with E-state index in [4.69, 9.17) is 9.36 Å². The second kappa shape index (κ2) is 4.50. The molecule has 0 spiro atoms. The Bertz CT molecular complexity index is 562. The van der Waals surface area contributed by atoms with Crippen molar-refractivity contribution < 1.29 is 14.2 Å². The molecule has 90 valence electrons. The summed E-state index contributed by atoms with van der Waals surface area (Å²) < 4.78 is 5.04. The molecule has 0 radical (unpaired) electrons. The van der Waals surface area contributed by atoms with Gasteiger partial charge in [0.05, 0.1) is 23.3 Å². The van der Waals surface area contributed by atoms with Gasteiger partial charge in [0.15, 0.2) is 0 Å². The van der Waals surface area contributed by atoms with Crippen LogP contribution in [0.5, 0.6) is 0 Å². The van der Waals surface area contributed by atoms with Gasteiger partial charge in [-0.25, -0.2) is 10.5 Å². The van der Waals surface area contributed by atoms with E-state index < -0.39 is 0 Å². The van der Waals surface area contributed by atoms with Crippen molar-refractivity contribution in [3.63, 3.8) is 0 Å². The van der Waals surface area contributed by atoms with E-state index in [0.717, 1.165) is 0 Å². The number of pyridine rings is 1. The van der Waals surface area contributed by atoms with E-state index in [-0.39, 0.29) is 5.91 Å². The Morgan fingerprint density at radius 2 is 2.29 bits per heavy atom. The Hall–Kier alpha value is -1.95. The molecular weight excluding hydrogens is 222 g/mol. The summed E-state index contributed by atoms with van der Waals surface area (Å²) in [4.78, 5) is 20.9. The van der Waals surface area contributed by atoms with Crippen molar-refractivity contribution in [2.24, 2.45) is 0 Å². The maximum Gasteiger partial charge on any atom is 0.275 e. The molecule has 0 unspecified atom stereocenters. The van der Waals surface area contributed by atoms with Gasteiger partial charge in [-0.2, -0.15) is 0 Å². The SMILES string of the molecule is CCONC(=O)c1cc(C)nc2onc(C)c12. The molecule has 0 saturated carbocycles. The van der Waals surface area contributed by atoms with Crippen LogP contribution in [-0.2, 0) is 4.84 Å². The molecule has 0 bridgehead atoms. The lowest BCUT2D eigenvalue weighted by Gasteiger charge is -2.05. The minimum Gasteiger partial charge on any atom is -0.336 e. The number of hydrogen-bond acceptors (Lipinski definition) is 5. The number of hydroxylamine groups is 1. The molecule has 6 heteroatoms. The third kappa shape index (κ3) is 2.12. The smallest absolute Gasteiger partial charge is 0.275 e. The Balaban J connectivity index is 2.51. The number of nitrogens with zero attached hydrogens (tertiary/aromatic N) is 2. The predicted octanol–water partition coefficient (Wildman–Crippen LogP) is 1.52. The van der Waals surface area contributed by atoms with Crippen molar-refractivity contribution >= 4 is 17.0 Å². The van der Waals surface area contributed by atoms with E-state index in [2.05, 4.69) is 15.6 Å². The van der Waals surface area contributed by atoms with Crippen molar-refractivity contribution in [2.45, 2.75) is 20.8 Å². The Morgan fingerprint density at radius 1 is 1.53 bits per heavy atom. The highest BCUT2D eigenvalue weighted by molar-refractivity contribution is 6.05. The van der Waals surface area contributed by atoms with E-state index in [1.54, 1.807) is 26.8 Å². The molecule has 0 aliphatic rings.